The molecule has 1 aromatic heterocycles. The second-order valence-electron chi connectivity index (χ2n) is 10.6. The fourth-order valence-electron chi connectivity index (χ4n) is 4.93. The molecule has 0 saturated carbocycles. The number of fused-ring (bicyclic) bond motifs is 1. The number of phenolic OH excluding ortho intramolecular Hbond substituents is 4. The largest absolute Gasteiger partial charge is 0.508 e. The second-order valence-corrected chi connectivity index (χ2v) is 10.6. The first kappa shape index (κ1) is 34.0. The number of aliphatic hydroxyl groups excluding tert-OH is 1. The van der Waals surface area contributed by atoms with Crippen LogP contribution in [0.15, 0.2) is 88.1 Å². The Morgan fingerprint density at radius 3 is 2.12 bits per heavy atom. The summed E-state index contributed by atoms with van der Waals surface area (Å²) in [6, 6.07) is 16.6. The highest BCUT2D eigenvalue weighted by atomic mass is 16.6. The van der Waals surface area contributed by atoms with Crippen LogP contribution in [0.25, 0.3) is 28.4 Å². The lowest BCUT2D eigenvalue weighted by molar-refractivity contribution is -0.142. The number of phenols is 4. The zero-order valence-electron chi connectivity index (χ0n) is 26.4. The molecule has 1 heterocycles. The van der Waals surface area contributed by atoms with Crippen molar-refractivity contribution in [1.29, 1.82) is 0 Å². The highest BCUT2D eigenvalue weighted by Gasteiger charge is 2.29. The molecule has 0 saturated heterocycles. The van der Waals surface area contributed by atoms with Gasteiger partial charge in [0.25, 0.3) is 0 Å². The van der Waals surface area contributed by atoms with Crippen LogP contribution in [0.1, 0.15) is 17.2 Å². The van der Waals surface area contributed by atoms with Gasteiger partial charge in [-0.3, -0.25) is 4.79 Å². The smallest absolute Gasteiger partial charge is 0.330 e. The van der Waals surface area contributed by atoms with Crippen LogP contribution < -0.4 is 24.4 Å². The number of aromatic hydroxyl groups is 4. The normalized spacial score (nSPS) is 12.4. The van der Waals surface area contributed by atoms with Crippen LogP contribution in [0.2, 0.25) is 0 Å². The first-order valence-electron chi connectivity index (χ1n) is 14.6. The third-order valence-electron chi connectivity index (χ3n) is 7.40. The molecular weight excluding hydrogens is 640 g/mol. The monoisotopic (exact) mass is 672 g/mol. The van der Waals surface area contributed by atoms with Gasteiger partial charge in [-0.05, 0) is 53.6 Å². The van der Waals surface area contributed by atoms with Gasteiger partial charge in [0.2, 0.25) is 5.75 Å². The summed E-state index contributed by atoms with van der Waals surface area (Å²) in [5, 5.41) is 51.0. The zero-order valence-corrected chi connectivity index (χ0v) is 26.4. The molecular formula is C36H32O13. The van der Waals surface area contributed by atoms with E-state index in [9.17, 15) is 35.1 Å². The molecule has 5 N–H and O–H groups in total. The summed E-state index contributed by atoms with van der Waals surface area (Å²) >= 11 is 0. The number of benzene rings is 4. The third-order valence-corrected chi connectivity index (χ3v) is 7.40. The molecule has 13 heteroatoms. The average Bonchev–Trinajstić information content (AvgIpc) is 3.08. The van der Waals surface area contributed by atoms with E-state index >= 15 is 0 Å². The van der Waals surface area contributed by atoms with Crippen molar-refractivity contribution in [2.24, 2.45) is 0 Å². The van der Waals surface area contributed by atoms with E-state index in [1.54, 1.807) is 12.1 Å². The number of carbonyl (C=O) groups is 1. The maximum atomic E-state index is 12.9. The van der Waals surface area contributed by atoms with Gasteiger partial charge >= 0.3 is 5.97 Å². The lowest BCUT2D eigenvalue weighted by atomic mass is 10.0. The van der Waals surface area contributed by atoms with E-state index in [2.05, 4.69) is 0 Å². The van der Waals surface area contributed by atoms with Crippen LogP contribution in [-0.4, -0.2) is 65.5 Å². The summed E-state index contributed by atoms with van der Waals surface area (Å²) in [5.41, 5.74) is 0.556. The molecule has 0 radical (unpaired) electrons. The number of hydrogen-bond acceptors (Lipinski definition) is 13. The Labute approximate surface area is 279 Å². The molecule has 254 valence electrons. The van der Waals surface area contributed by atoms with Crippen LogP contribution in [0.5, 0.6) is 46.0 Å². The van der Waals surface area contributed by atoms with Crippen molar-refractivity contribution in [2.75, 3.05) is 27.9 Å². The van der Waals surface area contributed by atoms with Crippen LogP contribution in [0.3, 0.4) is 0 Å². The molecule has 13 nitrogen and oxygen atoms in total. The Kier molecular flexibility index (Phi) is 10.1. The SMILES string of the molecule is COc1cc(C(O)C(COC(=O)/C=C/c2ccc(O)cc2)Oc2c(OC)cc(-c3cc(=O)c4c(O)cc(O)cc4o3)cc2OC)ccc1O. The van der Waals surface area contributed by atoms with E-state index in [0.29, 0.717) is 11.1 Å². The van der Waals surface area contributed by atoms with E-state index in [0.717, 1.165) is 12.1 Å². The van der Waals surface area contributed by atoms with Crippen molar-refractivity contribution in [3.8, 4) is 57.3 Å². The Morgan fingerprint density at radius 1 is 0.796 bits per heavy atom. The summed E-state index contributed by atoms with van der Waals surface area (Å²) in [7, 11) is 4.05. The Bertz CT molecular complexity index is 2040. The number of ether oxygens (including phenoxy) is 5. The molecule has 5 aromatic rings. The molecule has 0 aliphatic rings. The Hall–Kier alpha value is -6.34. The molecule has 0 fully saturated rings. The van der Waals surface area contributed by atoms with Gasteiger partial charge in [0.05, 0.1) is 21.3 Å². The van der Waals surface area contributed by atoms with Crippen LogP contribution in [0.4, 0.5) is 0 Å². The van der Waals surface area contributed by atoms with Gasteiger partial charge < -0.3 is 53.6 Å². The third kappa shape index (κ3) is 7.63. The van der Waals surface area contributed by atoms with Crippen LogP contribution >= 0.6 is 0 Å². The minimum Gasteiger partial charge on any atom is -0.508 e. The van der Waals surface area contributed by atoms with E-state index in [1.807, 2.05) is 0 Å². The first-order chi connectivity index (χ1) is 23.5. The van der Waals surface area contributed by atoms with Crippen molar-refractivity contribution in [2.45, 2.75) is 12.2 Å². The lowest BCUT2D eigenvalue weighted by Gasteiger charge is -2.26. The molecule has 0 spiro atoms. The molecule has 49 heavy (non-hydrogen) atoms. The number of aliphatic hydroxyl groups is 1. The summed E-state index contributed by atoms with van der Waals surface area (Å²) in [6.07, 6.45) is -0.0705. The van der Waals surface area contributed by atoms with Gasteiger partial charge in [-0.15, -0.1) is 0 Å². The Balaban J connectivity index is 1.50. The standard InChI is InChI=1S/C36H32O13/c1-44-28-12-20(7-10-24(28)39)35(43)32(18-47-33(42)11-6-19-4-8-22(37)9-5-19)49-36-30(45-2)13-21(14-31(36)46-3)27-17-26(41)34-25(40)15-23(38)16-29(34)48-27/h4-17,32,35,37-40,43H,18H2,1-3H3/b11-6+. The van der Waals surface area contributed by atoms with Crippen molar-refractivity contribution in [1.82, 2.24) is 0 Å². The van der Waals surface area contributed by atoms with Crippen molar-refractivity contribution >= 4 is 23.0 Å². The van der Waals surface area contributed by atoms with Crippen LogP contribution in [-0.2, 0) is 9.53 Å². The van der Waals surface area contributed by atoms with Crippen molar-refractivity contribution in [3.63, 3.8) is 0 Å². The van der Waals surface area contributed by atoms with Crippen molar-refractivity contribution < 1.29 is 58.4 Å². The molecule has 0 aliphatic heterocycles. The van der Waals surface area contributed by atoms with Gasteiger partial charge in [-0.25, -0.2) is 4.79 Å². The van der Waals surface area contributed by atoms with Gasteiger partial charge in [-0.1, -0.05) is 18.2 Å². The minimum absolute atomic E-state index is 0.00217. The van der Waals surface area contributed by atoms with Gasteiger partial charge in [0.15, 0.2) is 34.5 Å². The number of esters is 1. The van der Waals surface area contributed by atoms with Crippen molar-refractivity contribution in [3.05, 3.63) is 100 Å². The molecule has 4 aromatic carbocycles. The maximum absolute atomic E-state index is 12.9. The van der Waals surface area contributed by atoms with E-state index in [4.69, 9.17) is 28.1 Å². The average molecular weight is 673 g/mol. The van der Waals surface area contributed by atoms with Gasteiger partial charge in [0, 0.05) is 29.8 Å². The summed E-state index contributed by atoms with van der Waals surface area (Å²) < 4.78 is 33.9. The topological polar surface area (TPSA) is 195 Å². The molecule has 2 unspecified atom stereocenters. The number of carbonyl (C=O) groups excluding carboxylic acids is 1. The predicted octanol–water partition coefficient (Wildman–Crippen LogP) is 5.05. The highest BCUT2D eigenvalue weighted by Crippen LogP contribution is 2.44. The van der Waals surface area contributed by atoms with Gasteiger partial charge in [-0.2, -0.15) is 0 Å². The lowest BCUT2D eigenvalue weighted by Crippen LogP contribution is -2.31. The number of rotatable bonds is 12. The van der Waals surface area contributed by atoms with Crippen LogP contribution in [0, 0.1) is 0 Å². The van der Waals surface area contributed by atoms with E-state index in [1.165, 1.54) is 82.0 Å². The number of methoxy groups -OCH3 is 3. The second kappa shape index (κ2) is 14.6. The summed E-state index contributed by atoms with van der Waals surface area (Å²) in [6.45, 7) is -0.469. The molecule has 0 aliphatic carbocycles. The van der Waals surface area contributed by atoms with E-state index in [-0.39, 0.29) is 62.5 Å². The fourth-order valence-corrected chi connectivity index (χ4v) is 4.93. The number of hydrogen-bond donors (Lipinski definition) is 5. The Morgan fingerprint density at radius 2 is 1.47 bits per heavy atom. The highest BCUT2D eigenvalue weighted by molar-refractivity contribution is 5.87. The maximum Gasteiger partial charge on any atom is 0.330 e. The van der Waals surface area contributed by atoms with E-state index < -0.39 is 36.0 Å². The fraction of sp³-hybridized carbons (Fsp3) is 0.167. The zero-order chi connectivity index (χ0) is 35.2. The minimum atomic E-state index is -1.45. The molecule has 0 bridgehead atoms. The summed E-state index contributed by atoms with van der Waals surface area (Å²) in [5.74, 6) is -1.31. The predicted molar refractivity (Wildman–Crippen MR) is 176 cm³/mol. The molecule has 2 atom stereocenters. The van der Waals surface area contributed by atoms with Gasteiger partial charge in [0.1, 0.15) is 46.7 Å². The molecule has 0 amide bonds. The molecule has 5 rings (SSSR count). The quantitative estimate of drug-likeness (QED) is 0.0874. The first-order valence-corrected chi connectivity index (χ1v) is 14.6. The summed E-state index contributed by atoms with van der Waals surface area (Å²) in [4.78, 5) is 25.6.